The van der Waals surface area contributed by atoms with Crippen LogP contribution in [-0.2, 0) is 11.2 Å². The Hall–Kier alpha value is -1.36. The Kier molecular flexibility index (Phi) is 7.95. The van der Waals surface area contributed by atoms with Gasteiger partial charge in [-0.1, -0.05) is 13.8 Å². The minimum atomic E-state index is 0.797. The lowest BCUT2D eigenvalue weighted by molar-refractivity contribution is 0.134. The molecule has 0 spiro atoms. The lowest BCUT2D eigenvalue weighted by Gasteiger charge is -2.13. The van der Waals surface area contributed by atoms with Crippen LogP contribution in [0.25, 0.3) is 0 Å². The van der Waals surface area contributed by atoms with E-state index in [2.05, 4.69) is 34.4 Å². The first-order chi connectivity index (χ1) is 9.72. The van der Waals surface area contributed by atoms with Crippen molar-refractivity contribution in [3.8, 4) is 0 Å². The van der Waals surface area contributed by atoms with E-state index < -0.39 is 0 Å². The molecule has 1 heterocycles. The molecule has 1 rings (SSSR count). The summed E-state index contributed by atoms with van der Waals surface area (Å²) in [4.78, 5) is 9.12. The van der Waals surface area contributed by atoms with Crippen molar-refractivity contribution in [3.05, 3.63) is 11.4 Å². The van der Waals surface area contributed by atoms with Gasteiger partial charge in [0.15, 0.2) is 0 Å². The molecule has 5 heteroatoms. The first-order valence-corrected chi connectivity index (χ1v) is 7.59. The molecule has 1 aromatic rings. The largest absolute Gasteiger partial charge is 0.381 e. The van der Waals surface area contributed by atoms with Crippen LogP contribution < -0.4 is 10.6 Å². The molecule has 0 aliphatic rings. The Labute approximate surface area is 122 Å². The highest BCUT2D eigenvalue weighted by Crippen LogP contribution is 2.20. The number of aryl methyl sites for hydroxylation is 1. The summed E-state index contributed by atoms with van der Waals surface area (Å²) in [6.07, 6.45) is 4.02. The second kappa shape index (κ2) is 9.53. The van der Waals surface area contributed by atoms with Crippen molar-refractivity contribution in [2.75, 3.05) is 37.4 Å². The zero-order valence-electron chi connectivity index (χ0n) is 13.3. The number of nitrogens with zero attached hydrogens (tertiary/aromatic N) is 2. The van der Waals surface area contributed by atoms with Crippen LogP contribution in [0.3, 0.4) is 0 Å². The lowest BCUT2D eigenvalue weighted by atomic mass is 10.2. The van der Waals surface area contributed by atoms with E-state index in [1.807, 2.05) is 14.0 Å². The van der Waals surface area contributed by atoms with Gasteiger partial charge in [-0.25, -0.2) is 9.97 Å². The van der Waals surface area contributed by atoms with Crippen molar-refractivity contribution in [1.29, 1.82) is 0 Å². The monoisotopic (exact) mass is 280 g/mol. The Bertz CT molecular complexity index is 396. The third-order valence-electron chi connectivity index (χ3n) is 3.01. The minimum Gasteiger partial charge on any atom is -0.381 e. The molecule has 0 fully saturated rings. The van der Waals surface area contributed by atoms with Crippen LogP contribution in [-0.4, -0.2) is 36.8 Å². The SMILES string of the molecule is CCCOCCCNc1nc(CCC)nc(NC)c1C. The van der Waals surface area contributed by atoms with E-state index in [-0.39, 0.29) is 0 Å². The molecule has 1 aromatic heterocycles. The number of hydrogen-bond acceptors (Lipinski definition) is 5. The third-order valence-corrected chi connectivity index (χ3v) is 3.01. The van der Waals surface area contributed by atoms with Gasteiger partial charge in [-0.2, -0.15) is 0 Å². The molecule has 20 heavy (non-hydrogen) atoms. The maximum absolute atomic E-state index is 5.47. The highest BCUT2D eigenvalue weighted by molar-refractivity contribution is 5.56. The maximum Gasteiger partial charge on any atom is 0.134 e. The third kappa shape index (κ3) is 5.33. The molecule has 0 bridgehead atoms. The molecule has 0 aliphatic carbocycles. The summed E-state index contributed by atoms with van der Waals surface area (Å²) >= 11 is 0. The van der Waals surface area contributed by atoms with Gasteiger partial charge >= 0.3 is 0 Å². The first-order valence-electron chi connectivity index (χ1n) is 7.59. The summed E-state index contributed by atoms with van der Waals surface area (Å²) in [7, 11) is 1.90. The second-order valence-corrected chi connectivity index (χ2v) is 4.85. The van der Waals surface area contributed by atoms with Crippen molar-refractivity contribution in [2.45, 2.75) is 46.5 Å². The number of aromatic nitrogens is 2. The van der Waals surface area contributed by atoms with Crippen LogP contribution in [0.1, 0.15) is 44.5 Å². The Balaban J connectivity index is 2.56. The van der Waals surface area contributed by atoms with Crippen molar-refractivity contribution >= 4 is 11.6 Å². The van der Waals surface area contributed by atoms with Crippen molar-refractivity contribution in [2.24, 2.45) is 0 Å². The van der Waals surface area contributed by atoms with E-state index in [1.54, 1.807) is 0 Å². The van der Waals surface area contributed by atoms with Gasteiger partial charge in [-0.15, -0.1) is 0 Å². The van der Waals surface area contributed by atoms with Crippen LogP contribution in [0.15, 0.2) is 0 Å². The molecule has 0 atom stereocenters. The molecule has 0 radical (unpaired) electrons. The number of rotatable bonds is 10. The highest BCUT2D eigenvalue weighted by Gasteiger charge is 2.09. The average molecular weight is 280 g/mol. The number of anilines is 2. The normalized spacial score (nSPS) is 10.6. The van der Waals surface area contributed by atoms with E-state index in [0.29, 0.717) is 0 Å². The van der Waals surface area contributed by atoms with Crippen molar-refractivity contribution in [1.82, 2.24) is 9.97 Å². The van der Waals surface area contributed by atoms with Gasteiger partial charge in [-0.3, -0.25) is 0 Å². The van der Waals surface area contributed by atoms with Crippen LogP contribution in [0, 0.1) is 6.92 Å². The van der Waals surface area contributed by atoms with Gasteiger partial charge in [-0.05, 0) is 26.2 Å². The molecular weight excluding hydrogens is 252 g/mol. The second-order valence-electron chi connectivity index (χ2n) is 4.85. The molecule has 0 amide bonds. The molecule has 0 unspecified atom stereocenters. The highest BCUT2D eigenvalue weighted by atomic mass is 16.5. The van der Waals surface area contributed by atoms with Gasteiger partial charge in [0.05, 0.1) is 0 Å². The quantitative estimate of drug-likeness (QED) is 0.645. The molecular formula is C15H28N4O. The van der Waals surface area contributed by atoms with E-state index in [1.165, 1.54) is 0 Å². The molecule has 0 saturated heterocycles. The molecule has 114 valence electrons. The Morgan fingerprint density at radius 3 is 2.45 bits per heavy atom. The average Bonchev–Trinajstić information content (AvgIpc) is 2.45. The van der Waals surface area contributed by atoms with E-state index in [9.17, 15) is 0 Å². The standard InChI is InChI=1S/C15H28N4O/c1-5-8-13-18-14(16-4)12(3)15(19-13)17-9-7-11-20-10-6-2/h5-11H2,1-4H3,(H2,16,17,18,19). The fourth-order valence-electron chi connectivity index (χ4n) is 1.94. The van der Waals surface area contributed by atoms with E-state index >= 15 is 0 Å². The number of ether oxygens (including phenoxy) is 1. The van der Waals surface area contributed by atoms with Crippen LogP contribution in [0.4, 0.5) is 11.6 Å². The fraction of sp³-hybridized carbons (Fsp3) is 0.733. The zero-order valence-corrected chi connectivity index (χ0v) is 13.3. The van der Waals surface area contributed by atoms with Gasteiger partial charge in [0.2, 0.25) is 0 Å². The number of hydrogen-bond donors (Lipinski definition) is 2. The predicted octanol–water partition coefficient (Wildman–Crippen LogP) is 3.01. The van der Waals surface area contributed by atoms with Gasteiger partial charge < -0.3 is 15.4 Å². The van der Waals surface area contributed by atoms with Gasteiger partial charge in [0, 0.05) is 38.8 Å². The fourth-order valence-corrected chi connectivity index (χ4v) is 1.94. The topological polar surface area (TPSA) is 59.1 Å². The molecule has 0 aliphatic heterocycles. The summed E-state index contributed by atoms with van der Waals surface area (Å²) in [5.74, 6) is 2.74. The number of nitrogens with one attached hydrogen (secondary N) is 2. The molecule has 2 N–H and O–H groups in total. The van der Waals surface area contributed by atoms with Crippen molar-refractivity contribution < 1.29 is 4.74 Å². The Morgan fingerprint density at radius 2 is 1.80 bits per heavy atom. The smallest absolute Gasteiger partial charge is 0.134 e. The minimum absolute atomic E-state index is 0.797. The van der Waals surface area contributed by atoms with Crippen LogP contribution >= 0.6 is 0 Å². The van der Waals surface area contributed by atoms with Gasteiger partial charge in [0.1, 0.15) is 17.5 Å². The molecule has 0 saturated carbocycles. The first kappa shape index (κ1) is 16.7. The summed E-state index contributed by atoms with van der Waals surface area (Å²) < 4.78 is 5.47. The van der Waals surface area contributed by atoms with E-state index in [0.717, 1.165) is 68.5 Å². The maximum atomic E-state index is 5.47. The van der Waals surface area contributed by atoms with Crippen LogP contribution in [0.5, 0.6) is 0 Å². The lowest BCUT2D eigenvalue weighted by Crippen LogP contribution is -2.12. The van der Waals surface area contributed by atoms with E-state index in [4.69, 9.17) is 4.74 Å². The zero-order chi connectivity index (χ0) is 14.8. The summed E-state index contributed by atoms with van der Waals surface area (Å²) in [6.45, 7) is 8.81. The molecule has 0 aromatic carbocycles. The summed E-state index contributed by atoms with van der Waals surface area (Å²) in [5.41, 5.74) is 1.07. The summed E-state index contributed by atoms with van der Waals surface area (Å²) in [6, 6.07) is 0. The summed E-state index contributed by atoms with van der Waals surface area (Å²) in [5, 5.41) is 6.53. The predicted molar refractivity (Wildman–Crippen MR) is 84.5 cm³/mol. The van der Waals surface area contributed by atoms with Gasteiger partial charge in [0.25, 0.3) is 0 Å². The van der Waals surface area contributed by atoms with Crippen molar-refractivity contribution in [3.63, 3.8) is 0 Å². The van der Waals surface area contributed by atoms with Crippen LogP contribution in [0.2, 0.25) is 0 Å². The Morgan fingerprint density at radius 1 is 1.05 bits per heavy atom. The molecule has 5 nitrogen and oxygen atoms in total.